The van der Waals surface area contributed by atoms with E-state index in [-0.39, 0.29) is 18.9 Å². The van der Waals surface area contributed by atoms with Gasteiger partial charge in [0.1, 0.15) is 13.2 Å². The summed E-state index contributed by atoms with van der Waals surface area (Å²) < 4.78 is 4.82. The molecule has 142 valence electrons. The zero-order valence-electron chi connectivity index (χ0n) is 15.6. The second-order valence-corrected chi connectivity index (χ2v) is 6.25. The molecule has 0 N–H and O–H groups in total. The van der Waals surface area contributed by atoms with Crippen molar-refractivity contribution >= 4 is 17.6 Å². The van der Waals surface area contributed by atoms with Crippen LogP contribution in [0.3, 0.4) is 0 Å². The fraction of sp³-hybridized carbons (Fsp3) is 0.238. The Bertz CT molecular complexity index is 960. The van der Waals surface area contributed by atoms with Crippen molar-refractivity contribution < 1.29 is 19.2 Å². The first-order chi connectivity index (χ1) is 13.6. The van der Waals surface area contributed by atoms with Crippen LogP contribution in [0, 0.1) is 11.3 Å². The van der Waals surface area contributed by atoms with E-state index >= 15 is 0 Å². The van der Waals surface area contributed by atoms with Crippen molar-refractivity contribution in [2.45, 2.75) is 12.5 Å². The van der Waals surface area contributed by atoms with Crippen molar-refractivity contribution in [3.05, 3.63) is 59.7 Å². The van der Waals surface area contributed by atoms with Crippen molar-refractivity contribution in [2.75, 3.05) is 20.8 Å². The summed E-state index contributed by atoms with van der Waals surface area (Å²) in [5.41, 5.74) is 3.23. The number of amides is 1. The third-order valence-electron chi connectivity index (χ3n) is 4.60. The highest BCUT2D eigenvalue weighted by molar-refractivity contribution is 6.04. The van der Waals surface area contributed by atoms with Crippen LogP contribution < -0.4 is 0 Å². The maximum atomic E-state index is 13.0. The van der Waals surface area contributed by atoms with Crippen molar-refractivity contribution in [3.8, 4) is 17.2 Å². The van der Waals surface area contributed by atoms with Gasteiger partial charge in [-0.15, -0.1) is 0 Å². The number of benzene rings is 2. The number of rotatable bonds is 4. The highest BCUT2D eigenvalue weighted by Crippen LogP contribution is 2.25. The molecule has 0 bridgehead atoms. The van der Waals surface area contributed by atoms with Gasteiger partial charge in [-0.2, -0.15) is 5.26 Å². The Balaban J connectivity index is 1.87. The largest absolute Gasteiger partial charge is 0.467 e. The minimum Gasteiger partial charge on any atom is -0.467 e. The molecule has 1 amide bonds. The van der Waals surface area contributed by atoms with Crippen LogP contribution in [0.25, 0.3) is 11.1 Å². The minimum absolute atomic E-state index is 0.200. The van der Waals surface area contributed by atoms with Gasteiger partial charge in [-0.05, 0) is 29.3 Å². The zero-order valence-corrected chi connectivity index (χ0v) is 15.6. The van der Waals surface area contributed by atoms with Gasteiger partial charge in [-0.1, -0.05) is 35.5 Å². The van der Waals surface area contributed by atoms with Gasteiger partial charge in [0.2, 0.25) is 0 Å². The van der Waals surface area contributed by atoms with Crippen LogP contribution in [-0.2, 0) is 14.4 Å². The number of carbonyl (C=O) groups is 2. The fourth-order valence-corrected chi connectivity index (χ4v) is 3.25. The van der Waals surface area contributed by atoms with Crippen LogP contribution in [0.4, 0.5) is 0 Å². The normalized spacial score (nSPS) is 17.2. The second kappa shape index (κ2) is 8.35. The van der Waals surface area contributed by atoms with Crippen LogP contribution in [0.1, 0.15) is 22.3 Å². The van der Waals surface area contributed by atoms with E-state index in [1.807, 2.05) is 12.1 Å². The molecule has 0 aliphatic carbocycles. The van der Waals surface area contributed by atoms with E-state index in [2.05, 4.69) is 11.2 Å². The first-order valence-corrected chi connectivity index (χ1v) is 8.66. The molecular formula is C21H19N3O4. The molecule has 1 fully saturated rings. The summed E-state index contributed by atoms with van der Waals surface area (Å²) in [7, 11) is 2.71. The average Bonchev–Trinajstić information content (AvgIpc) is 3.17. The Morgan fingerprint density at radius 2 is 1.86 bits per heavy atom. The van der Waals surface area contributed by atoms with E-state index in [0.717, 1.165) is 11.1 Å². The van der Waals surface area contributed by atoms with Crippen molar-refractivity contribution in [1.29, 1.82) is 5.26 Å². The minimum atomic E-state index is -0.731. The number of carbonyl (C=O) groups excluding carboxylic acids is 2. The van der Waals surface area contributed by atoms with Gasteiger partial charge in [0.25, 0.3) is 5.91 Å². The van der Waals surface area contributed by atoms with E-state index in [9.17, 15) is 14.9 Å². The first kappa shape index (κ1) is 19.1. The third-order valence-corrected chi connectivity index (χ3v) is 4.60. The molecule has 7 nitrogen and oxygen atoms in total. The zero-order chi connectivity index (χ0) is 20.1. The Morgan fingerprint density at radius 3 is 2.50 bits per heavy atom. The predicted octanol–water partition coefficient (Wildman–Crippen LogP) is 2.62. The van der Waals surface area contributed by atoms with Crippen LogP contribution in [0.2, 0.25) is 0 Å². The number of hydrogen-bond acceptors (Lipinski definition) is 6. The summed E-state index contributed by atoms with van der Waals surface area (Å²) in [6.07, 6.45) is 0.278. The fourth-order valence-electron chi connectivity index (χ4n) is 3.25. The molecule has 1 aliphatic heterocycles. The molecule has 1 heterocycles. The summed E-state index contributed by atoms with van der Waals surface area (Å²) in [5.74, 6) is -0.786. The average molecular weight is 377 g/mol. The van der Waals surface area contributed by atoms with Gasteiger partial charge >= 0.3 is 5.97 Å². The molecule has 3 rings (SSSR count). The molecule has 0 unspecified atom stereocenters. The molecule has 0 saturated carbocycles. The maximum absolute atomic E-state index is 13.0. The lowest BCUT2D eigenvalue weighted by atomic mass is 9.99. The highest BCUT2D eigenvalue weighted by atomic mass is 16.6. The van der Waals surface area contributed by atoms with E-state index < -0.39 is 12.0 Å². The monoisotopic (exact) mass is 377 g/mol. The van der Waals surface area contributed by atoms with Crippen LogP contribution in [0.5, 0.6) is 0 Å². The third kappa shape index (κ3) is 3.71. The Kier molecular flexibility index (Phi) is 5.70. The standard InChI is InChI=1S/C21H19N3O4/c1-27-21(26)19-11-17(23-28-2)13-24(19)20(25)15-9-7-14(8-10-15)18-6-4-3-5-16(18)12-22/h3-10,19H,11,13H2,1-2H3/t19-/m0/s1. The number of esters is 1. The SMILES string of the molecule is CON=C1C[C@@H](C(=O)OC)N(C(=O)c2ccc(-c3ccccc3C#N)cc2)C1. The number of ether oxygens (including phenoxy) is 1. The second-order valence-electron chi connectivity index (χ2n) is 6.25. The molecule has 7 heteroatoms. The number of nitriles is 1. The Morgan fingerprint density at radius 1 is 1.14 bits per heavy atom. The number of hydrogen-bond donors (Lipinski definition) is 0. The molecule has 28 heavy (non-hydrogen) atoms. The Hall–Kier alpha value is -3.66. The quantitative estimate of drug-likeness (QED) is 0.603. The highest BCUT2D eigenvalue weighted by Gasteiger charge is 2.39. The molecule has 2 aromatic rings. The topological polar surface area (TPSA) is 92.0 Å². The van der Waals surface area contributed by atoms with E-state index in [1.54, 1.807) is 36.4 Å². The lowest BCUT2D eigenvalue weighted by molar-refractivity contribution is -0.145. The van der Waals surface area contributed by atoms with Gasteiger partial charge in [0.15, 0.2) is 0 Å². The van der Waals surface area contributed by atoms with Gasteiger partial charge in [-0.3, -0.25) is 4.79 Å². The predicted molar refractivity (Wildman–Crippen MR) is 102 cm³/mol. The van der Waals surface area contributed by atoms with E-state index in [1.165, 1.54) is 19.1 Å². The summed E-state index contributed by atoms with van der Waals surface area (Å²) in [6, 6.07) is 15.7. The van der Waals surface area contributed by atoms with Gasteiger partial charge in [0.05, 0.1) is 31.0 Å². The van der Waals surface area contributed by atoms with Crippen molar-refractivity contribution in [3.63, 3.8) is 0 Å². The summed E-state index contributed by atoms with van der Waals surface area (Å²) in [6.45, 7) is 0.200. The maximum Gasteiger partial charge on any atom is 0.329 e. The van der Waals surface area contributed by atoms with Crippen LogP contribution >= 0.6 is 0 Å². The molecule has 2 aromatic carbocycles. The van der Waals surface area contributed by atoms with Crippen LogP contribution in [-0.4, -0.2) is 49.3 Å². The number of oxime groups is 1. The molecule has 1 aliphatic rings. The molecule has 1 atom stereocenters. The van der Waals surface area contributed by atoms with E-state index in [4.69, 9.17) is 9.57 Å². The molecule has 0 spiro atoms. The molecule has 1 saturated heterocycles. The lowest BCUT2D eigenvalue weighted by Crippen LogP contribution is -2.41. The van der Waals surface area contributed by atoms with Gasteiger partial charge in [-0.25, -0.2) is 4.79 Å². The molecule has 0 aromatic heterocycles. The van der Waals surface area contributed by atoms with Crippen LogP contribution in [0.15, 0.2) is 53.7 Å². The first-order valence-electron chi connectivity index (χ1n) is 8.66. The van der Waals surface area contributed by atoms with Gasteiger partial charge < -0.3 is 14.5 Å². The summed E-state index contributed by atoms with van der Waals surface area (Å²) in [5, 5.41) is 13.1. The molecule has 0 radical (unpaired) electrons. The van der Waals surface area contributed by atoms with Gasteiger partial charge in [0, 0.05) is 12.0 Å². The summed E-state index contributed by atoms with van der Waals surface area (Å²) >= 11 is 0. The van der Waals surface area contributed by atoms with E-state index in [0.29, 0.717) is 16.8 Å². The molecular weight excluding hydrogens is 358 g/mol. The number of nitrogens with zero attached hydrogens (tertiary/aromatic N) is 3. The van der Waals surface area contributed by atoms with Crippen molar-refractivity contribution in [1.82, 2.24) is 4.90 Å². The Labute approximate surface area is 162 Å². The lowest BCUT2D eigenvalue weighted by Gasteiger charge is -2.22. The number of methoxy groups -OCH3 is 1. The smallest absolute Gasteiger partial charge is 0.329 e. The van der Waals surface area contributed by atoms with Crippen molar-refractivity contribution in [2.24, 2.45) is 5.16 Å². The number of likely N-dealkylation sites (tertiary alicyclic amines) is 1. The summed E-state index contributed by atoms with van der Waals surface area (Å²) in [4.78, 5) is 31.3.